The van der Waals surface area contributed by atoms with Crippen molar-refractivity contribution in [3.8, 4) is 0 Å². The maximum absolute atomic E-state index is 12.8. The molecular formula is C18H17ClN2O2. The molecule has 1 heterocycles. The lowest BCUT2D eigenvalue weighted by Crippen LogP contribution is -2.58. The molecule has 0 saturated carbocycles. The monoisotopic (exact) mass is 328 g/mol. The molecule has 5 heteroatoms. The SMILES string of the molecule is O=C1NCCN(C(=O)c2ccc(Cl)cc2)[C@@H]1Cc1ccccc1. The van der Waals surface area contributed by atoms with Crippen LogP contribution < -0.4 is 5.32 Å². The molecule has 3 rings (SSSR count). The number of halogens is 1. The molecule has 0 radical (unpaired) electrons. The van der Waals surface area contributed by atoms with E-state index in [4.69, 9.17) is 11.6 Å². The van der Waals surface area contributed by atoms with E-state index in [0.717, 1.165) is 5.56 Å². The van der Waals surface area contributed by atoms with Crippen LogP contribution in [0.25, 0.3) is 0 Å². The van der Waals surface area contributed by atoms with Crippen LogP contribution in [0, 0.1) is 0 Å². The number of nitrogens with zero attached hydrogens (tertiary/aromatic N) is 1. The summed E-state index contributed by atoms with van der Waals surface area (Å²) >= 11 is 5.87. The number of nitrogens with one attached hydrogen (secondary N) is 1. The minimum Gasteiger partial charge on any atom is -0.353 e. The largest absolute Gasteiger partial charge is 0.353 e. The lowest BCUT2D eigenvalue weighted by atomic mass is 10.0. The van der Waals surface area contributed by atoms with Crippen LogP contribution in [0.15, 0.2) is 54.6 Å². The highest BCUT2D eigenvalue weighted by molar-refractivity contribution is 6.30. The topological polar surface area (TPSA) is 49.4 Å². The highest BCUT2D eigenvalue weighted by Gasteiger charge is 2.33. The number of carbonyl (C=O) groups excluding carboxylic acids is 2. The van der Waals surface area contributed by atoms with Gasteiger partial charge in [-0.1, -0.05) is 41.9 Å². The average Bonchev–Trinajstić information content (AvgIpc) is 2.58. The summed E-state index contributed by atoms with van der Waals surface area (Å²) < 4.78 is 0. The third-order valence-electron chi connectivity index (χ3n) is 3.95. The molecule has 0 bridgehead atoms. The van der Waals surface area contributed by atoms with Crippen LogP contribution in [0.3, 0.4) is 0 Å². The van der Waals surface area contributed by atoms with E-state index in [0.29, 0.717) is 30.1 Å². The molecular weight excluding hydrogens is 312 g/mol. The Hall–Kier alpha value is -2.33. The van der Waals surface area contributed by atoms with E-state index >= 15 is 0 Å². The molecule has 23 heavy (non-hydrogen) atoms. The molecule has 1 N–H and O–H groups in total. The molecule has 118 valence electrons. The fourth-order valence-electron chi connectivity index (χ4n) is 2.76. The second-order valence-electron chi connectivity index (χ2n) is 5.50. The van der Waals surface area contributed by atoms with Crippen molar-refractivity contribution in [2.24, 2.45) is 0 Å². The van der Waals surface area contributed by atoms with Crippen LogP contribution in [0.1, 0.15) is 15.9 Å². The lowest BCUT2D eigenvalue weighted by Gasteiger charge is -2.35. The van der Waals surface area contributed by atoms with Crippen LogP contribution in [0.5, 0.6) is 0 Å². The summed E-state index contributed by atoms with van der Waals surface area (Å²) in [5.41, 5.74) is 1.57. The molecule has 0 spiro atoms. The Balaban J connectivity index is 1.84. The van der Waals surface area contributed by atoms with E-state index in [1.807, 2.05) is 30.3 Å². The number of piperazine rings is 1. The summed E-state index contributed by atoms with van der Waals surface area (Å²) in [5.74, 6) is -0.250. The number of hydrogen-bond donors (Lipinski definition) is 1. The van der Waals surface area contributed by atoms with Gasteiger partial charge in [-0.05, 0) is 29.8 Å². The van der Waals surface area contributed by atoms with Crippen molar-refractivity contribution >= 4 is 23.4 Å². The van der Waals surface area contributed by atoms with Crippen molar-refractivity contribution in [2.45, 2.75) is 12.5 Å². The van der Waals surface area contributed by atoms with Gasteiger partial charge in [0.05, 0.1) is 0 Å². The van der Waals surface area contributed by atoms with E-state index < -0.39 is 6.04 Å². The van der Waals surface area contributed by atoms with Crippen molar-refractivity contribution in [2.75, 3.05) is 13.1 Å². The Morgan fingerprint density at radius 2 is 1.83 bits per heavy atom. The molecule has 0 unspecified atom stereocenters. The molecule has 0 aliphatic carbocycles. The van der Waals surface area contributed by atoms with Gasteiger partial charge in [0.15, 0.2) is 0 Å². The van der Waals surface area contributed by atoms with E-state index in [1.165, 1.54) is 0 Å². The van der Waals surface area contributed by atoms with Gasteiger partial charge in [-0.15, -0.1) is 0 Å². The van der Waals surface area contributed by atoms with Gasteiger partial charge in [0.25, 0.3) is 5.91 Å². The minimum absolute atomic E-state index is 0.109. The zero-order chi connectivity index (χ0) is 16.2. The predicted octanol–water partition coefficient (Wildman–Crippen LogP) is 2.52. The predicted molar refractivity (Wildman–Crippen MR) is 89.4 cm³/mol. The van der Waals surface area contributed by atoms with Crippen LogP contribution in [-0.4, -0.2) is 35.8 Å². The molecule has 2 aromatic carbocycles. The summed E-state index contributed by atoms with van der Waals surface area (Å²) in [6, 6.07) is 16.0. The van der Waals surface area contributed by atoms with Gasteiger partial charge < -0.3 is 10.2 Å². The molecule has 1 aliphatic heterocycles. The average molecular weight is 329 g/mol. The van der Waals surface area contributed by atoms with E-state index in [2.05, 4.69) is 5.32 Å². The van der Waals surface area contributed by atoms with Crippen molar-refractivity contribution in [3.63, 3.8) is 0 Å². The summed E-state index contributed by atoms with van der Waals surface area (Å²) in [5, 5.41) is 3.43. The van der Waals surface area contributed by atoms with Gasteiger partial charge in [-0.2, -0.15) is 0 Å². The van der Waals surface area contributed by atoms with Gasteiger partial charge in [0.1, 0.15) is 6.04 Å². The smallest absolute Gasteiger partial charge is 0.254 e. The molecule has 1 fully saturated rings. The van der Waals surface area contributed by atoms with Crippen molar-refractivity contribution in [1.82, 2.24) is 10.2 Å². The normalized spacial score (nSPS) is 17.7. The summed E-state index contributed by atoms with van der Waals surface area (Å²) in [6.45, 7) is 0.980. The lowest BCUT2D eigenvalue weighted by molar-refractivity contribution is -0.127. The Bertz CT molecular complexity index is 701. The minimum atomic E-state index is -0.491. The quantitative estimate of drug-likeness (QED) is 0.941. The third kappa shape index (κ3) is 3.54. The molecule has 0 aromatic heterocycles. The first-order valence-corrected chi connectivity index (χ1v) is 7.91. The van der Waals surface area contributed by atoms with Gasteiger partial charge in [0.2, 0.25) is 5.91 Å². The number of benzene rings is 2. The van der Waals surface area contributed by atoms with E-state index in [9.17, 15) is 9.59 Å². The fraction of sp³-hybridized carbons (Fsp3) is 0.222. The molecule has 1 saturated heterocycles. The highest BCUT2D eigenvalue weighted by Crippen LogP contribution is 2.17. The zero-order valence-corrected chi connectivity index (χ0v) is 13.3. The van der Waals surface area contributed by atoms with Crippen LogP contribution in [-0.2, 0) is 11.2 Å². The first-order chi connectivity index (χ1) is 11.1. The number of hydrogen-bond acceptors (Lipinski definition) is 2. The summed E-state index contributed by atoms with van der Waals surface area (Å²) in [6.07, 6.45) is 0.506. The standard InChI is InChI=1S/C18H17ClN2O2/c19-15-8-6-14(7-9-15)18(23)21-11-10-20-17(22)16(21)12-13-4-2-1-3-5-13/h1-9,16H,10-12H2,(H,20,22)/t16-/m1/s1. The highest BCUT2D eigenvalue weighted by atomic mass is 35.5. The Labute approximate surface area is 140 Å². The number of carbonyl (C=O) groups is 2. The van der Waals surface area contributed by atoms with Crippen molar-refractivity contribution < 1.29 is 9.59 Å². The summed E-state index contributed by atoms with van der Waals surface area (Å²) in [7, 11) is 0. The Morgan fingerprint density at radius 1 is 1.13 bits per heavy atom. The van der Waals surface area contributed by atoms with Gasteiger partial charge in [-0.3, -0.25) is 9.59 Å². The van der Waals surface area contributed by atoms with Crippen LogP contribution >= 0.6 is 11.6 Å². The van der Waals surface area contributed by atoms with E-state index in [-0.39, 0.29) is 11.8 Å². The molecule has 2 amide bonds. The maximum atomic E-state index is 12.8. The van der Waals surface area contributed by atoms with Gasteiger partial charge >= 0.3 is 0 Å². The summed E-state index contributed by atoms with van der Waals surface area (Å²) in [4.78, 5) is 26.7. The number of rotatable bonds is 3. The van der Waals surface area contributed by atoms with Crippen LogP contribution in [0.4, 0.5) is 0 Å². The maximum Gasteiger partial charge on any atom is 0.254 e. The van der Waals surface area contributed by atoms with Crippen molar-refractivity contribution in [3.05, 3.63) is 70.7 Å². The second-order valence-corrected chi connectivity index (χ2v) is 5.94. The van der Waals surface area contributed by atoms with Crippen LogP contribution in [0.2, 0.25) is 5.02 Å². The van der Waals surface area contributed by atoms with Gasteiger partial charge in [0, 0.05) is 30.1 Å². The second kappa shape index (κ2) is 6.84. The molecule has 2 aromatic rings. The van der Waals surface area contributed by atoms with E-state index in [1.54, 1.807) is 29.2 Å². The van der Waals surface area contributed by atoms with Crippen molar-refractivity contribution in [1.29, 1.82) is 0 Å². The van der Waals surface area contributed by atoms with Gasteiger partial charge in [-0.25, -0.2) is 0 Å². The molecule has 1 aliphatic rings. The zero-order valence-electron chi connectivity index (χ0n) is 12.5. The molecule has 1 atom stereocenters. The third-order valence-corrected chi connectivity index (χ3v) is 4.21. The Morgan fingerprint density at radius 3 is 2.52 bits per heavy atom. The fourth-order valence-corrected chi connectivity index (χ4v) is 2.88. The molecule has 4 nitrogen and oxygen atoms in total. The number of amides is 2. The first-order valence-electron chi connectivity index (χ1n) is 7.53. The first kappa shape index (κ1) is 15.6. The Kier molecular flexibility index (Phi) is 4.63.